The highest BCUT2D eigenvalue weighted by atomic mass is 35.5. The van der Waals surface area contributed by atoms with E-state index in [0.29, 0.717) is 17.5 Å². The largest absolute Gasteiger partial charge is 0.370 e. The standard InChI is InChI=1S/C19H20ClN7/c1-22-19(21)23-6-4-11-8-13(25-17-5-7-24-27-17)10-15-14-9-12(20)2-3-16(14)26-18(11)15/h2-3,5,7-10,26H,4,6H2,1H3,(H3,21,22,23)(H2,24,25,27). The minimum Gasteiger partial charge on any atom is -0.370 e. The van der Waals surface area contributed by atoms with Gasteiger partial charge in [0, 0.05) is 52.2 Å². The molecule has 27 heavy (non-hydrogen) atoms. The average molecular weight is 382 g/mol. The summed E-state index contributed by atoms with van der Waals surface area (Å²) in [5.41, 5.74) is 10.0. The summed E-state index contributed by atoms with van der Waals surface area (Å²) < 4.78 is 0. The van der Waals surface area contributed by atoms with Crippen LogP contribution in [0.4, 0.5) is 11.5 Å². The van der Waals surface area contributed by atoms with Crippen molar-refractivity contribution >= 4 is 50.9 Å². The molecular weight excluding hydrogens is 362 g/mol. The fourth-order valence-electron chi connectivity index (χ4n) is 3.20. The molecule has 0 spiro atoms. The lowest BCUT2D eigenvalue weighted by Crippen LogP contribution is -2.32. The van der Waals surface area contributed by atoms with Gasteiger partial charge in [-0.3, -0.25) is 10.1 Å². The smallest absolute Gasteiger partial charge is 0.188 e. The maximum atomic E-state index is 6.23. The van der Waals surface area contributed by atoms with Crippen molar-refractivity contribution in [2.45, 2.75) is 6.42 Å². The van der Waals surface area contributed by atoms with E-state index in [9.17, 15) is 0 Å². The molecule has 0 unspecified atom stereocenters. The van der Waals surface area contributed by atoms with Crippen LogP contribution in [-0.2, 0) is 6.42 Å². The lowest BCUT2D eigenvalue weighted by Gasteiger charge is -2.10. The third-order valence-electron chi connectivity index (χ3n) is 4.47. The van der Waals surface area contributed by atoms with Crippen LogP contribution in [0, 0.1) is 0 Å². The van der Waals surface area contributed by atoms with Gasteiger partial charge in [0.15, 0.2) is 5.96 Å². The summed E-state index contributed by atoms with van der Waals surface area (Å²) in [6.45, 7) is 0.682. The number of nitrogens with one attached hydrogen (secondary N) is 4. The number of fused-ring (bicyclic) bond motifs is 3. The van der Waals surface area contributed by atoms with Gasteiger partial charge in [-0.2, -0.15) is 5.10 Å². The zero-order chi connectivity index (χ0) is 18.8. The first-order valence-electron chi connectivity index (χ1n) is 8.60. The van der Waals surface area contributed by atoms with Gasteiger partial charge >= 0.3 is 0 Å². The number of aliphatic imine (C=N–C) groups is 1. The quantitative estimate of drug-likeness (QED) is 0.269. The van der Waals surface area contributed by atoms with Gasteiger partial charge in [0.1, 0.15) is 5.82 Å². The molecule has 7 nitrogen and oxygen atoms in total. The number of hydrogen-bond donors (Lipinski definition) is 5. The van der Waals surface area contributed by atoms with Crippen LogP contribution in [0.3, 0.4) is 0 Å². The van der Waals surface area contributed by atoms with Gasteiger partial charge in [0.05, 0.1) is 6.20 Å². The maximum Gasteiger partial charge on any atom is 0.188 e. The summed E-state index contributed by atoms with van der Waals surface area (Å²) >= 11 is 6.23. The molecule has 0 amide bonds. The third-order valence-corrected chi connectivity index (χ3v) is 4.71. The normalized spacial score (nSPS) is 12.0. The zero-order valence-electron chi connectivity index (χ0n) is 14.8. The fourth-order valence-corrected chi connectivity index (χ4v) is 3.37. The number of anilines is 2. The summed E-state index contributed by atoms with van der Waals surface area (Å²) in [4.78, 5) is 7.45. The predicted molar refractivity (Wildman–Crippen MR) is 112 cm³/mol. The second kappa shape index (κ2) is 7.20. The molecule has 0 aliphatic heterocycles. The molecule has 0 saturated carbocycles. The van der Waals surface area contributed by atoms with Crippen LogP contribution >= 0.6 is 11.6 Å². The Balaban J connectivity index is 1.78. The number of hydrogen-bond acceptors (Lipinski definition) is 3. The van der Waals surface area contributed by atoms with Crippen LogP contribution < -0.4 is 16.4 Å². The summed E-state index contributed by atoms with van der Waals surface area (Å²) in [6, 6.07) is 12.0. The Morgan fingerprint density at radius 3 is 2.89 bits per heavy atom. The molecule has 0 atom stereocenters. The van der Waals surface area contributed by atoms with Crippen molar-refractivity contribution in [3.8, 4) is 0 Å². The molecular formula is C19H20ClN7. The summed E-state index contributed by atoms with van der Waals surface area (Å²) in [7, 11) is 1.66. The predicted octanol–water partition coefficient (Wildman–Crippen LogP) is 3.52. The van der Waals surface area contributed by atoms with Crippen LogP contribution in [0.15, 0.2) is 47.6 Å². The maximum absolute atomic E-state index is 6.23. The van der Waals surface area contributed by atoms with E-state index in [4.69, 9.17) is 17.3 Å². The average Bonchev–Trinajstić information content (AvgIpc) is 3.29. The molecule has 4 rings (SSSR count). The molecule has 2 aromatic carbocycles. The molecule has 0 aliphatic rings. The number of nitrogens with two attached hydrogens (primary N) is 1. The van der Waals surface area contributed by atoms with Crippen LogP contribution in [0.1, 0.15) is 5.56 Å². The van der Waals surface area contributed by atoms with E-state index < -0.39 is 0 Å². The topological polar surface area (TPSA) is 107 Å². The minimum absolute atomic E-state index is 0.432. The number of rotatable bonds is 5. The van der Waals surface area contributed by atoms with E-state index >= 15 is 0 Å². The summed E-state index contributed by atoms with van der Waals surface area (Å²) in [5.74, 6) is 1.26. The van der Waals surface area contributed by atoms with Gasteiger partial charge in [-0.15, -0.1) is 0 Å². The number of halogens is 1. The molecule has 2 heterocycles. The number of nitrogens with zero attached hydrogens (tertiary/aromatic N) is 2. The molecule has 2 aromatic heterocycles. The van der Waals surface area contributed by atoms with Gasteiger partial charge in [-0.25, -0.2) is 0 Å². The van der Waals surface area contributed by atoms with Crippen molar-refractivity contribution < 1.29 is 0 Å². The zero-order valence-corrected chi connectivity index (χ0v) is 15.6. The van der Waals surface area contributed by atoms with Crippen LogP contribution in [0.2, 0.25) is 5.02 Å². The number of benzene rings is 2. The molecule has 138 valence electrons. The first kappa shape index (κ1) is 17.2. The van der Waals surface area contributed by atoms with E-state index in [2.05, 4.69) is 42.9 Å². The lowest BCUT2D eigenvalue weighted by molar-refractivity contribution is 0.860. The molecule has 0 radical (unpaired) electrons. The second-order valence-corrected chi connectivity index (χ2v) is 6.69. The monoisotopic (exact) mass is 381 g/mol. The van der Waals surface area contributed by atoms with Crippen molar-refractivity contribution in [1.82, 2.24) is 20.5 Å². The fraction of sp³-hybridized carbons (Fsp3) is 0.158. The minimum atomic E-state index is 0.432. The Hall–Kier alpha value is -3.19. The Kier molecular flexibility index (Phi) is 4.60. The Morgan fingerprint density at radius 1 is 1.22 bits per heavy atom. The van der Waals surface area contributed by atoms with E-state index in [1.165, 1.54) is 5.56 Å². The molecule has 0 saturated heterocycles. The van der Waals surface area contributed by atoms with Crippen molar-refractivity contribution in [3.05, 3.63) is 53.2 Å². The number of guanidine groups is 1. The molecule has 6 N–H and O–H groups in total. The molecule has 0 aliphatic carbocycles. The SMILES string of the molecule is CN=C(N)NCCc1cc(Nc2ccn[nH]2)cc2c1[nH]c1ccc(Cl)cc12. The Labute approximate surface area is 161 Å². The number of aromatic amines is 2. The third kappa shape index (κ3) is 3.54. The second-order valence-electron chi connectivity index (χ2n) is 6.25. The Bertz CT molecular complexity index is 1110. The van der Waals surface area contributed by atoms with E-state index in [-0.39, 0.29) is 0 Å². The number of aromatic nitrogens is 3. The number of H-pyrrole nitrogens is 2. The molecule has 0 bridgehead atoms. The summed E-state index contributed by atoms with van der Waals surface area (Å²) in [5, 5.41) is 16.3. The molecule has 4 aromatic rings. The Morgan fingerprint density at radius 2 is 2.11 bits per heavy atom. The van der Waals surface area contributed by atoms with Crippen molar-refractivity contribution in [2.24, 2.45) is 10.7 Å². The van der Waals surface area contributed by atoms with Gasteiger partial charge in [0.25, 0.3) is 0 Å². The van der Waals surface area contributed by atoms with Crippen molar-refractivity contribution in [3.63, 3.8) is 0 Å². The first-order chi connectivity index (χ1) is 13.1. The van der Waals surface area contributed by atoms with E-state index in [1.54, 1.807) is 13.2 Å². The molecule has 8 heteroatoms. The van der Waals surface area contributed by atoms with Gasteiger partial charge < -0.3 is 21.4 Å². The van der Waals surface area contributed by atoms with Crippen molar-refractivity contribution in [2.75, 3.05) is 18.9 Å². The van der Waals surface area contributed by atoms with Gasteiger partial charge in [-0.1, -0.05) is 11.6 Å². The van der Waals surface area contributed by atoms with Crippen molar-refractivity contribution in [1.29, 1.82) is 0 Å². The summed E-state index contributed by atoms with van der Waals surface area (Å²) in [6.07, 6.45) is 2.50. The first-order valence-corrected chi connectivity index (χ1v) is 8.98. The van der Waals surface area contributed by atoms with Gasteiger partial charge in [0.2, 0.25) is 0 Å². The highest BCUT2D eigenvalue weighted by Gasteiger charge is 2.11. The molecule has 0 fully saturated rings. The van der Waals surface area contributed by atoms with Crippen LogP contribution in [-0.4, -0.2) is 34.7 Å². The van der Waals surface area contributed by atoms with E-state index in [0.717, 1.165) is 39.7 Å². The van der Waals surface area contributed by atoms with Crippen LogP contribution in [0.25, 0.3) is 21.8 Å². The highest BCUT2D eigenvalue weighted by molar-refractivity contribution is 6.31. The lowest BCUT2D eigenvalue weighted by atomic mass is 10.0. The van der Waals surface area contributed by atoms with E-state index in [1.807, 2.05) is 24.3 Å². The van der Waals surface area contributed by atoms with Gasteiger partial charge in [-0.05, 0) is 42.3 Å². The highest BCUT2D eigenvalue weighted by Crippen LogP contribution is 2.33. The van der Waals surface area contributed by atoms with Crippen LogP contribution in [0.5, 0.6) is 0 Å².